The Morgan fingerprint density at radius 1 is 1.17 bits per heavy atom. The fourth-order valence-corrected chi connectivity index (χ4v) is 2.31. The number of aromatic nitrogens is 1. The summed E-state index contributed by atoms with van der Waals surface area (Å²) in [5, 5.41) is 2.82. The number of amides is 1. The van der Waals surface area contributed by atoms with E-state index in [1.165, 1.54) is 6.07 Å². The number of hydrogen-bond acceptors (Lipinski definition) is 3. The molecule has 0 atom stereocenters. The molecule has 5 nitrogen and oxygen atoms in total. The van der Waals surface area contributed by atoms with E-state index in [-0.39, 0.29) is 11.5 Å². The molecular weight excluding hydrogens is 310 g/mol. The highest BCUT2D eigenvalue weighted by atomic mass is 32.1. The summed E-state index contributed by atoms with van der Waals surface area (Å²) in [5.74, 6) is -0.0644. The molecule has 1 aromatic heterocycles. The van der Waals surface area contributed by atoms with E-state index in [1.54, 1.807) is 41.1 Å². The largest absolute Gasteiger partial charge is 0.389 e. The Labute approximate surface area is 140 Å². The fourth-order valence-electron chi connectivity index (χ4n) is 2.19. The molecule has 3 N–H and O–H groups in total. The van der Waals surface area contributed by atoms with Gasteiger partial charge in [-0.2, -0.15) is 0 Å². The number of thiocarbonyl (C=S) groups is 1. The lowest BCUT2D eigenvalue weighted by Crippen LogP contribution is -2.18. The van der Waals surface area contributed by atoms with Gasteiger partial charge in [0.25, 0.3) is 0 Å². The molecule has 6 heteroatoms. The van der Waals surface area contributed by atoms with Crippen molar-refractivity contribution in [2.24, 2.45) is 5.73 Å². The second kappa shape index (κ2) is 8.24. The summed E-state index contributed by atoms with van der Waals surface area (Å²) in [7, 11) is 0. The van der Waals surface area contributed by atoms with Crippen LogP contribution in [0.1, 0.15) is 24.8 Å². The molecule has 0 aliphatic carbocycles. The molecule has 23 heavy (non-hydrogen) atoms. The number of anilines is 1. The number of benzene rings is 1. The topological polar surface area (TPSA) is 77.1 Å². The number of rotatable bonds is 7. The van der Waals surface area contributed by atoms with Gasteiger partial charge in [0.15, 0.2) is 0 Å². The molecule has 0 bridgehead atoms. The first-order valence-corrected chi connectivity index (χ1v) is 7.82. The van der Waals surface area contributed by atoms with E-state index in [2.05, 4.69) is 5.32 Å². The van der Waals surface area contributed by atoms with Crippen LogP contribution in [0.4, 0.5) is 5.69 Å². The van der Waals surface area contributed by atoms with Gasteiger partial charge in [0.1, 0.15) is 4.99 Å². The molecule has 0 saturated heterocycles. The number of unbranched alkanes of at least 4 members (excludes halogenated alkanes) is 1. The summed E-state index contributed by atoms with van der Waals surface area (Å²) in [6, 6.07) is 12.2. The van der Waals surface area contributed by atoms with Gasteiger partial charge in [0.2, 0.25) is 11.5 Å². The monoisotopic (exact) mass is 329 g/mol. The Hall–Kier alpha value is -2.47. The molecule has 1 amide bonds. The predicted molar refractivity (Wildman–Crippen MR) is 95.5 cm³/mol. The maximum Gasteiger partial charge on any atom is 0.250 e. The summed E-state index contributed by atoms with van der Waals surface area (Å²) in [5.41, 5.74) is 6.95. The van der Waals surface area contributed by atoms with E-state index in [9.17, 15) is 9.59 Å². The number of aryl methyl sites for hydroxylation is 1. The van der Waals surface area contributed by atoms with Crippen LogP contribution in [0.25, 0.3) is 0 Å². The van der Waals surface area contributed by atoms with Crippen LogP contribution in [-0.2, 0) is 11.3 Å². The fraction of sp³-hybridized carbons (Fsp3) is 0.235. The van der Waals surface area contributed by atoms with E-state index in [0.29, 0.717) is 30.1 Å². The van der Waals surface area contributed by atoms with Crippen molar-refractivity contribution in [1.82, 2.24) is 4.57 Å². The lowest BCUT2D eigenvalue weighted by molar-refractivity contribution is -0.116. The summed E-state index contributed by atoms with van der Waals surface area (Å²) < 4.78 is 1.64. The van der Waals surface area contributed by atoms with Crippen molar-refractivity contribution >= 4 is 28.8 Å². The zero-order valence-electron chi connectivity index (χ0n) is 12.7. The Kier molecular flexibility index (Phi) is 6.05. The molecule has 2 rings (SSSR count). The summed E-state index contributed by atoms with van der Waals surface area (Å²) in [4.78, 5) is 23.8. The molecular formula is C17H19N3O2S. The van der Waals surface area contributed by atoms with Crippen LogP contribution >= 0.6 is 12.2 Å². The van der Waals surface area contributed by atoms with Gasteiger partial charge in [0.05, 0.1) is 0 Å². The van der Waals surface area contributed by atoms with Crippen molar-refractivity contribution in [2.45, 2.75) is 25.8 Å². The van der Waals surface area contributed by atoms with Gasteiger partial charge >= 0.3 is 0 Å². The third-order valence-electron chi connectivity index (χ3n) is 3.38. The number of nitrogens with zero attached hydrogens (tertiary/aromatic N) is 1. The molecule has 0 unspecified atom stereocenters. The van der Waals surface area contributed by atoms with Crippen LogP contribution in [0.2, 0.25) is 0 Å². The van der Waals surface area contributed by atoms with Gasteiger partial charge < -0.3 is 15.6 Å². The predicted octanol–water partition coefficient (Wildman–Crippen LogP) is 2.29. The van der Waals surface area contributed by atoms with Crippen molar-refractivity contribution in [3.8, 4) is 0 Å². The van der Waals surface area contributed by atoms with Crippen LogP contribution in [-0.4, -0.2) is 15.5 Å². The SMILES string of the molecule is NC(=S)c1cccc(NC(=O)CCCCn2ccccc2=O)c1. The van der Waals surface area contributed by atoms with Gasteiger partial charge in [-0.15, -0.1) is 0 Å². The van der Waals surface area contributed by atoms with Crippen LogP contribution in [0.15, 0.2) is 53.5 Å². The lowest BCUT2D eigenvalue weighted by Gasteiger charge is -2.07. The highest BCUT2D eigenvalue weighted by Gasteiger charge is 2.04. The molecule has 1 aromatic carbocycles. The number of hydrogen-bond donors (Lipinski definition) is 2. The average molecular weight is 329 g/mol. The van der Waals surface area contributed by atoms with E-state index >= 15 is 0 Å². The Balaban J connectivity index is 1.77. The van der Waals surface area contributed by atoms with E-state index < -0.39 is 0 Å². The molecule has 2 aromatic rings. The van der Waals surface area contributed by atoms with Crippen molar-refractivity contribution in [3.63, 3.8) is 0 Å². The van der Waals surface area contributed by atoms with Crippen LogP contribution in [0, 0.1) is 0 Å². The second-order valence-corrected chi connectivity index (χ2v) is 5.62. The summed E-state index contributed by atoms with van der Waals surface area (Å²) >= 11 is 4.92. The number of carbonyl (C=O) groups is 1. The third-order valence-corrected chi connectivity index (χ3v) is 3.62. The standard InChI is InChI=1S/C17H19N3O2S/c18-17(23)13-6-5-7-14(12-13)19-15(21)8-1-3-10-20-11-4-2-9-16(20)22/h2,4-7,9,11-12H,1,3,8,10H2,(H2,18,23)(H,19,21). The first kappa shape index (κ1) is 16.9. The van der Waals surface area contributed by atoms with Crippen LogP contribution < -0.4 is 16.6 Å². The number of nitrogens with one attached hydrogen (secondary N) is 1. The minimum atomic E-state index is -0.0644. The highest BCUT2D eigenvalue weighted by Crippen LogP contribution is 2.11. The number of nitrogens with two attached hydrogens (primary N) is 1. The number of pyridine rings is 1. The minimum absolute atomic E-state index is 0.0217. The average Bonchev–Trinajstić information content (AvgIpc) is 2.53. The summed E-state index contributed by atoms with van der Waals surface area (Å²) in [6.07, 6.45) is 3.63. The highest BCUT2D eigenvalue weighted by molar-refractivity contribution is 7.80. The zero-order chi connectivity index (χ0) is 16.7. The number of carbonyl (C=O) groups excluding carboxylic acids is 1. The van der Waals surface area contributed by atoms with Crippen molar-refractivity contribution < 1.29 is 4.79 Å². The van der Waals surface area contributed by atoms with E-state index in [1.807, 2.05) is 6.07 Å². The third kappa shape index (κ3) is 5.34. The second-order valence-electron chi connectivity index (χ2n) is 5.18. The van der Waals surface area contributed by atoms with Gasteiger partial charge in [-0.3, -0.25) is 9.59 Å². The molecule has 0 aliphatic rings. The Morgan fingerprint density at radius 2 is 2.00 bits per heavy atom. The molecule has 0 spiro atoms. The Bertz CT molecular complexity index is 755. The van der Waals surface area contributed by atoms with Gasteiger partial charge in [0, 0.05) is 36.5 Å². The van der Waals surface area contributed by atoms with E-state index in [0.717, 1.165) is 12.0 Å². The maximum atomic E-state index is 11.9. The quantitative estimate of drug-likeness (QED) is 0.603. The molecule has 1 heterocycles. The molecule has 0 fully saturated rings. The molecule has 120 valence electrons. The minimum Gasteiger partial charge on any atom is -0.389 e. The van der Waals surface area contributed by atoms with Gasteiger partial charge in [-0.1, -0.05) is 30.4 Å². The smallest absolute Gasteiger partial charge is 0.250 e. The lowest BCUT2D eigenvalue weighted by atomic mass is 10.2. The summed E-state index contributed by atoms with van der Waals surface area (Å²) in [6.45, 7) is 0.615. The zero-order valence-corrected chi connectivity index (χ0v) is 13.5. The molecule has 0 saturated carbocycles. The van der Waals surface area contributed by atoms with Crippen molar-refractivity contribution in [3.05, 3.63) is 64.6 Å². The first-order valence-electron chi connectivity index (χ1n) is 7.41. The van der Waals surface area contributed by atoms with Crippen molar-refractivity contribution in [1.29, 1.82) is 0 Å². The maximum absolute atomic E-state index is 11.9. The Morgan fingerprint density at radius 3 is 2.74 bits per heavy atom. The first-order chi connectivity index (χ1) is 11.1. The molecule has 0 aliphatic heterocycles. The normalized spacial score (nSPS) is 10.3. The van der Waals surface area contributed by atoms with Crippen LogP contribution in [0.5, 0.6) is 0 Å². The van der Waals surface area contributed by atoms with E-state index in [4.69, 9.17) is 18.0 Å². The van der Waals surface area contributed by atoms with Crippen LogP contribution in [0.3, 0.4) is 0 Å². The molecule has 0 radical (unpaired) electrons. The van der Waals surface area contributed by atoms with Gasteiger partial charge in [-0.25, -0.2) is 0 Å². The van der Waals surface area contributed by atoms with Gasteiger partial charge in [-0.05, 0) is 31.0 Å². The van der Waals surface area contributed by atoms with Crippen molar-refractivity contribution in [2.75, 3.05) is 5.32 Å².